The monoisotopic (exact) mass is 384 g/mol. The van der Waals surface area contributed by atoms with Crippen LogP contribution in [-0.4, -0.2) is 31.8 Å². The molecule has 24 heavy (non-hydrogen) atoms. The van der Waals surface area contributed by atoms with Crippen molar-refractivity contribution >= 4 is 8.24 Å². The Hall–Kier alpha value is -0.181. The molecule has 1 aromatic rings. The Kier molecular flexibility index (Phi) is 11.4. The van der Waals surface area contributed by atoms with Crippen LogP contribution in [-0.2, 0) is 17.4 Å². The van der Waals surface area contributed by atoms with Crippen molar-refractivity contribution in [2.24, 2.45) is 0 Å². The van der Waals surface area contributed by atoms with E-state index < -0.39 is 8.24 Å². The van der Waals surface area contributed by atoms with Gasteiger partial charge in [0.25, 0.3) is 0 Å². The smallest absolute Gasteiger partial charge is 0.668 e. The molecule has 0 N–H and O–H groups in total. The molecule has 2 rings (SSSR count). The zero-order valence-electron chi connectivity index (χ0n) is 16.2. The summed E-state index contributed by atoms with van der Waals surface area (Å²) in [6.07, 6.45) is 7.60. The maximum atomic E-state index is 5.02. The summed E-state index contributed by atoms with van der Waals surface area (Å²) in [5.41, 5.74) is 0.925. The van der Waals surface area contributed by atoms with E-state index in [4.69, 9.17) is 4.98 Å². The van der Waals surface area contributed by atoms with Crippen LogP contribution in [0.1, 0.15) is 47.0 Å². The molecule has 0 bridgehead atoms. The Morgan fingerprint density at radius 1 is 1.12 bits per heavy atom. The van der Waals surface area contributed by atoms with Gasteiger partial charge in [0.2, 0.25) is 0 Å². The topological polar surface area (TPSA) is 41.1 Å². The molecule has 0 saturated heterocycles. The number of hydrogen-bond acceptors (Lipinski definition) is 1. The summed E-state index contributed by atoms with van der Waals surface area (Å²) in [6.45, 7) is 15.5. The van der Waals surface area contributed by atoms with E-state index in [0.717, 1.165) is 18.6 Å². The van der Waals surface area contributed by atoms with E-state index in [-0.39, 0.29) is 22.9 Å². The van der Waals surface area contributed by atoms with E-state index in [1.807, 2.05) is 18.2 Å². The first-order chi connectivity index (χ1) is 10.7. The first-order valence-corrected chi connectivity index (χ1v) is 11.8. The molecule has 135 valence electrons. The molecule has 5 heteroatoms. The third-order valence-corrected chi connectivity index (χ3v) is 7.81. The van der Waals surface area contributed by atoms with Crippen molar-refractivity contribution in [2.45, 2.75) is 71.1 Å². The van der Waals surface area contributed by atoms with E-state index in [1.54, 1.807) is 18.3 Å². The summed E-state index contributed by atoms with van der Waals surface area (Å²) in [7, 11) is -1.40. The predicted octanol–water partition coefficient (Wildman–Crippen LogP) is 5.96. The van der Waals surface area contributed by atoms with E-state index in [0.29, 0.717) is 0 Å². The van der Waals surface area contributed by atoms with Crippen molar-refractivity contribution in [2.75, 3.05) is 13.1 Å². The molecule has 1 atom stereocenters. The average molecular weight is 385 g/mol. The first kappa shape index (κ1) is 23.8. The molecule has 1 aliphatic rings. The fourth-order valence-corrected chi connectivity index (χ4v) is 6.27. The van der Waals surface area contributed by atoms with Gasteiger partial charge in [0, 0.05) is 12.4 Å². The third-order valence-electron chi connectivity index (χ3n) is 4.28. The third kappa shape index (κ3) is 9.96. The van der Waals surface area contributed by atoms with Crippen LogP contribution in [0.2, 0.25) is 18.6 Å². The van der Waals surface area contributed by atoms with E-state index in [9.17, 15) is 0 Å². The second-order valence-corrected chi connectivity index (χ2v) is 12.2. The standard InChI is InChI=1S/C14H29N2Si.C5H5N.Cr/c1-12-8-7-9-13(12)17(5,6)16-11-10-15-14(2,3)4;1-2-4-6-5-3-1;/h13H,7-11H2,1-6H3;1-5H;/q-3;;+3. The number of pyridine rings is 1. The number of hydrogen-bond donors (Lipinski definition) is 0. The van der Waals surface area contributed by atoms with Crippen LogP contribution in [0.25, 0.3) is 10.3 Å². The van der Waals surface area contributed by atoms with Crippen molar-refractivity contribution in [1.82, 2.24) is 4.98 Å². The SMILES string of the molecule is C[C-]1CCCC1[Si](C)(C)[N-]CC[N-]C(C)(C)C.[Cr+3].c1ccncc1. The quantitative estimate of drug-likeness (QED) is 0.350. The molecule has 1 fully saturated rings. The van der Waals surface area contributed by atoms with Crippen LogP contribution in [0.3, 0.4) is 0 Å². The minimum absolute atomic E-state index is 0. The van der Waals surface area contributed by atoms with Gasteiger partial charge in [-0.05, 0) is 12.1 Å². The Balaban J connectivity index is 0.000000635. The van der Waals surface area contributed by atoms with Gasteiger partial charge in [-0.1, -0.05) is 61.0 Å². The summed E-state index contributed by atoms with van der Waals surface area (Å²) in [6, 6.07) is 5.72. The Morgan fingerprint density at radius 2 is 1.75 bits per heavy atom. The normalized spacial score (nSPS) is 18.5. The maximum Gasteiger partial charge on any atom is 3.00 e. The van der Waals surface area contributed by atoms with Crippen molar-refractivity contribution in [3.8, 4) is 0 Å². The Morgan fingerprint density at radius 3 is 2.12 bits per heavy atom. The van der Waals surface area contributed by atoms with E-state index in [1.165, 1.54) is 19.3 Å². The van der Waals surface area contributed by atoms with Gasteiger partial charge in [-0.3, -0.25) is 4.98 Å². The van der Waals surface area contributed by atoms with E-state index in [2.05, 4.69) is 51.1 Å². The summed E-state index contributed by atoms with van der Waals surface area (Å²) in [4.78, 5) is 8.80. The minimum Gasteiger partial charge on any atom is -0.668 e. The second-order valence-electron chi connectivity index (χ2n) is 7.90. The van der Waals surface area contributed by atoms with Gasteiger partial charge in [-0.2, -0.15) is 32.0 Å². The number of nitrogens with zero attached hydrogens (tertiary/aromatic N) is 3. The summed E-state index contributed by atoms with van der Waals surface area (Å²) in [5, 5.41) is 4.63. The number of aromatic nitrogens is 1. The molecule has 1 aliphatic carbocycles. The molecule has 1 radical (unpaired) electrons. The minimum atomic E-state index is -1.40. The molecule has 0 amide bonds. The van der Waals surface area contributed by atoms with Gasteiger partial charge in [0.1, 0.15) is 0 Å². The summed E-state index contributed by atoms with van der Waals surface area (Å²) in [5.74, 6) is 1.71. The molecule has 0 aromatic carbocycles. The van der Waals surface area contributed by atoms with Crippen LogP contribution in [0.4, 0.5) is 0 Å². The van der Waals surface area contributed by atoms with Gasteiger partial charge in [0.05, 0.1) is 0 Å². The molecule has 1 aromatic heterocycles. The van der Waals surface area contributed by atoms with Crippen LogP contribution >= 0.6 is 0 Å². The summed E-state index contributed by atoms with van der Waals surface area (Å²) < 4.78 is 0. The largest absolute Gasteiger partial charge is 3.00 e. The van der Waals surface area contributed by atoms with Crippen molar-refractivity contribution < 1.29 is 17.4 Å². The van der Waals surface area contributed by atoms with Crippen molar-refractivity contribution in [3.63, 3.8) is 0 Å². The fourth-order valence-electron chi connectivity index (χ4n) is 3.11. The van der Waals surface area contributed by atoms with Crippen LogP contribution in [0.5, 0.6) is 0 Å². The zero-order valence-corrected chi connectivity index (χ0v) is 18.5. The maximum absolute atomic E-state index is 5.02. The molecular weight excluding hydrogens is 350 g/mol. The van der Waals surface area contributed by atoms with Crippen LogP contribution < -0.4 is 0 Å². The van der Waals surface area contributed by atoms with Gasteiger partial charge >= 0.3 is 17.4 Å². The van der Waals surface area contributed by atoms with E-state index >= 15 is 0 Å². The van der Waals surface area contributed by atoms with Gasteiger partial charge in [-0.25, -0.2) is 0 Å². The van der Waals surface area contributed by atoms with Crippen LogP contribution in [0, 0.1) is 5.92 Å². The predicted molar refractivity (Wildman–Crippen MR) is 104 cm³/mol. The molecule has 1 heterocycles. The Bertz CT molecular complexity index is 394. The number of rotatable bonds is 5. The molecular formula is C19H34CrN3Si. The average Bonchev–Trinajstić information content (AvgIpc) is 2.92. The van der Waals surface area contributed by atoms with Gasteiger partial charge < -0.3 is 16.2 Å². The van der Waals surface area contributed by atoms with Crippen molar-refractivity contribution in [1.29, 1.82) is 0 Å². The van der Waals surface area contributed by atoms with Crippen LogP contribution in [0.15, 0.2) is 30.6 Å². The molecule has 1 saturated carbocycles. The van der Waals surface area contributed by atoms with Gasteiger partial charge in [0.15, 0.2) is 0 Å². The molecule has 0 spiro atoms. The van der Waals surface area contributed by atoms with Crippen molar-refractivity contribution in [3.05, 3.63) is 46.8 Å². The molecule has 3 nitrogen and oxygen atoms in total. The zero-order chi connectivity index (χ0) is 17.3. The fraction of sp³-hybridized carbons (Fsp3) is 0.684. The Labute approximate surface area is 161 Å². The second kappa shape index (κ2) is 11.4. The van der Waals surface area contributed by atoms with Gasteiger partial charge in [-0.15, -0.1) is 5.54 Å². The molecule has 0 aliphatic heterocycles. The molecule has 1 unspecified atom stereocenters. The summed E-state index contributed by atoms with van der Waals surface area (Å²) >= 11 is 0. The first-order valence-electron chi connectivity index (χ1n) is 8.77.